The zero-order chi connectivity index (χ0) is 13.1. The van der Waals surface area contributed by atoms with Crippen molar-refractivity contribution in [2.24, 2.45) is 5.73 Å². The molecule has 0 saturated heterocycles. The van der Waals surface area contributed by atoms with Crippen LogP contribution in [0.5, 0.6) is 0 Å². The number of hydrogen-bond donors (Lipinski definition) is 1. The molecule has 3 nitrogen and oxygen atoms in total. The van der Waals surface area contributed by atoms with Crippen molar-refractivity contribution in [2.75, 3.05) is 7.11 Å². The summed E-state index contributed by atoms with van der Waals surface area (Å²) in [7, 11) is 1.20. The van der Waals surface area contributed by atoms with Crippen molar-refractivity contribution in [3.63, 3.8) is 0 Å². The molecule has 0 saturated carbocycles. The van der Waals surface area contributed by atoms with Gasteiger partial charge in [-0.25, -0.2) is 0 Å². The van der Waals surface area contributed by atoms with Crippen LogP contribution in [-0.4, -0.2) is 13.1 Å². The topological polar surface area (TPSA) is 52.3 Å². The minimum absolute atomic E-state index is 0. The molecule has 0 radical (unpaired) electrons. The second-order valence-electron chi connectivity index (χ2n) is 3.51. The third kappa shape index (κ3) is 4.54. The zero-order valence-electron chi connectivity index (χ0n) is 9.53. The molecule has 7 heteroatoms. The van der Waals surface area contributed by atoms with Gasteiger partial charge in [-0.05, 0) is 17.7 Å². The van der Waals surface area contributed by atoms with Crippen molar-refractivity contribution >= 4 is 18.4 Å². The second-order valence-corrected chi connectivity index (χ2v) is 3.51. The number of halogens is 4. The molecule has 0 aliphatic rings. The molecule has 102 valence electrons. The number of hydrogen-bond acceptors (Lipinski definition) is 3. The van der Waals surface area contributed by atoms with Gasteiger partial charge in [-0.15, -0.1) is 12.4 Å². The highest BCUT2D eigenvalue weighted by atomic mass is 35.5. The molecule has 0 spiro atoms. The monoisotopic (exact) mass is 283 g/mol. The fraction of sp³-hybridized carbons (Fsp3) is 0.364. The fourth-order valence-corrected chi connectivity index (χ4v) is 1.33. The molecule has 0 amide bonds. The molecule has 1 rings (SSSR count). The lowest BCUT2D eigenvalue weighted by Crippen LogP contribution is -2.17. The molecule has 1 aromatic rings. The summed E-state index contributed by atoms with van der Waals surface area (Å²) < 4.78 is 41.7. The number of carbonyl (C=O) groups is 1. The van der Waals surface area contributed by atoms with Gasteiger partial charge in [0.05, 0.1) is 19.1 Å². The van der Waals surface area contributed by atoms with Crippen LogP contribution >= 0.6 is 12.4 Å². The predicted octanol–water partition coefficient (Wildman–Crippen LogP) is 2.69. The first kappa shape index (κ1) is 16.7. The molecule has 1 aromatic carbocycles. The van der Waals surface area contributed by atoms with Gasteiger partial charge in [-0.3, -0.25) is 4.79 Å². The number of rotatable bonds is 3. The first-order valence-electron chi connectivity index (χ1n) is 4.84. The van der Waals surface area contributed by atoms with Crippen molar-refractivity contribution < 1.29 is 22.7 Å². The standard InChI is InChI=1S/C11H12F3NO2.ClH/c1-17-10(16)6-9(15)7-3-2-4-8(5-7)11(12,13)14;/h2-5,9H,6,15H2,1H3;1H/t9-;/m1./s1. The average Bonchev–Trinajstić information content (AvgIpc) is 2.28. The van der Waals surface area contributed by atoms with Gasteiger partial charge in [0.2, 0.25) is 0 Å². The van der Waals surface area contributed by atoms with Gasteiger partial charge in [0.1, 0.15) is 0 Å². The highest BCUT2D eigenvalue weighted by Crippen LogP contribution is 2.30. The van der Waals surface area contributed by atoms with Gasteiger partial charge in [-0.2, -0.15) is 13.2 Å². The largest absolute Gasteiger partial charge is 0.469 e. The molecule has 0 bridgehead atoms. The molecule has 0 heterocycles. The number of esters is 1. The Bertz CT molecular complexity index is 410. The van der Waals surface area contributed by atoms with Gasteiger partial charge < -0.3 is 10.5 Å². The number of alkyl halides is 3. The van der Waals surface area contributed by atoms with Gasteiger partial charge in [0.25, 0.3) is 0 Å². The smallest absolute Gasteiger partial charge is 0.416 e. The number of methoxy groups -OCH3 is 1. The van der Waals surface area contributed by atoms with E-state index in [1.807, 2.05) is 0 Å². The second kappa shape index (κ2) is 6.61. The normalized spacial score (nSPS) is 12.5. The Morgan fingerprint density at radius 1 is 1.44 bits per heavy atom. The molecule has 0 aliphatic carbocycles. The minimum atomic E-state index is -4.42. The Hall–Kier alpha value is -1.27. The minimum Gasteiger partial charge on any atom is -0.469 e. The van der Waals surface area contributed by atoms with Gasteiger partial charge >= 0.3 is 12.1 Å². The van der Waals surface area contributed by atoms with Crippen LogP contribution in [0, 0.1) is 0 Å². The number of nitrogens with two attached hydrogens (primary N) is 1. The Labute approximate surface area is 109 Å². The maximum atomic E-state index is 12.4. The quantitative estimate of drug-likeness (QED) is 0.868. The highest BCUT2D eigenvalue weighted by molar-refractivity contribution is 5.85. The van der Waals surface area contributed by atoms with Crippen molar-refractivity contribution in [1.29, 1.82) is 0 Å². The van der Waals surface area contributed by atoms with Crippen LogP contribution in [0.3, 0.4) is 0 Å². The summed E-state index contributed by atoms with van der Waals surface area (Å²) in [5.41, 5.74) is 5.09. The third-order valence-corrected chi connectivity index (χ3v) is 2.26. The van der Waals surface area contributed by atoms with Crippen LogP contribution in [0.25, 0.3) is 0 Å². The van der Waals surface area contributed by atoms with Crippen molar-refractivity contribution in [2.45, 2.75) is 18.6 Å². The summed E-state index contributed by atoms with van der Waals surface area (Å²) in [6.45, 7) is 0. The predicted molar refractivity (Wildman–Crippen MR) is 62.3 cm³/mol. The van der Waals surface area contributed by atoms with Crippen LogP contribution in [0.1, 0.15) is 23.6 Å². The first-order valence-corrected chi connectivity index (χ1v) is 4.84. The molecule has 2 N–H and O–H groups in total. The average molecular weight is 284 g/mol. The summed E-state index contributed by atoms with van der Waals surface area (Å²) in [4.78, 5) is 11.0. The molecule has 0 aromatic heterocycles. The van der Waals surface area contributed by atoms with E-state index in [9.17, 15) is 18.0 Å². The van der Waals surface area contributed by atoms with E-state index in [0.29, 0.717) is 0 Å². The molecule has 0 aliphatic heterocycles. The lowest BCUT2D eigenvalue weighted by atomic mass is 10.0. The summed E-state index contributed by atoms with van der Waals surface area (Å²) in [5.74, 6) is -0.560. The maximum Gasteiger partial charge on any atom is 0.416 e. The highest BCUT2D eigenvalue weighted by Gasteiger charge is 2.30. The maximum absolute atomic E-state index is 12.4. The Morgan fingerprint density at radius 2 is 2.06 bits per heavy atom. The van der Waals surface area contributed by atoms with Crippen LogP contribution < -0.4 is 5.73 Å². The van der Waals surface area contributed by atoms with E-state index in [1.165, 1.54) is 19.2 Å². The van der Waals surface area contributed by atoms with E-state index in [1.54, 1.807) is 0 Å². The number of ether oxygens (including phenoxy) is 1. The fourth-order valence-electron chi connectivity index (χ4n) is 1.33. The zero-order valence-corrected chi connectivity index (χ0v) is 10.3. The lowest BCUT2D eigenvalue weighted by Gasteiger charge is -2.13. The Kier molecular flexibility index (Phi) is 6.14. The van der Waals surface area contributed by atoms with E-state index in [4.69, 9.17) is 5.73 Å². The molecule has 1 atom stereocenters. The van der Waals surface area contributed by atoms with E-state index in [0.717, 1.165) is 12.1 Å². The van der Waals surface area contributed by atoms with Crippen LogP contribution in [-0.2, 0) is 15.7 Å². The molecular weight excluding hydrogens is 271 g/mol. The van der Waals surface area contributed by atoms with Crippen LogP contribution in [0.15, 0.2) is 24.3 Å². The summed E-state index contributed by atoms with van der Waals surface area (Å²) >= 11 is 0. The first-order chi connectivity index (χ1) is 7.84. The SMILES string of the molecule is COC(=O)C[C@@H](N)c1cccc(C(F)(F)F)c1.Cl. The van der Waals surface area contributed by atoms with Crippen molar-refractivity contribution in [3.8, 4) is 0 Å². The number of carbonyl (C=O) groups excluding carboxylic acids is 1. The van der Waals surface area contributed by atoms with Gasteiger partial charge in [0.15, 0.2) is 0 Å². The summed E-state index contributed by atoms with van der Waals surface area (Å²) in [5, 5.41) is 0. The summed E-state index contributed by atoms with van der Waals surface area (Å²) in [6.07, 6.45) is -4.57. The Morgan fingerprint density at radius 3 is 2.56 bits per heavy atom. The third-order valence-electron chi connectivity index (χ3n) is 2.26. The molecule has 18 heavy (non-hydrogen) atoms. The Balaban J connectivity index is 0.00000289. The van der Waals surface area contributed by atoms with Crippen LogP contribution in [0.4, 0.5) is 13.2 Å². The van der Waals surface area contributed by atoms with Crippen molar-refractivity contribution in [3.05, 3.63) is 35.4 Å². The lowest BCUT2D eigenvalue weighted by molar-refractivity contribution is -0.141. The molecule has 0 unspecified atom stereocenters. The van der Waals surface area contributed by atoms with E-state index in [-0.39, 0.29) is 24.4 Å². The number of benzene rings is 1. The van der Waals surface area contributed by atoms with E-state index in [2.05, 4.69) is 4.74 Å². The molecule has 0 fully saturated rings. The van der Waals surface area contributed by atoms with Gasteiger partial charge in [0, 0.05) is 6.04 Å². The van der Waals surface area contributed by atoms with Gasteiger partial charge in [-0.1, -0.05) is 12.1 Å². The molecular formula is C11H13ClF3NO2. The summed E-state index contributed by atoms with van der Waals surface area (Å²) in [6, 6.07) is 3.80. The van der Waals surface area contributed by atoms with E-state index < -0.39 is 23.8 Å². The van der Waals surface area contributed by atoms with Crippen LogP contribution in [0.2, 0.25) is 0 Å². The van der Waals surface area contributed by atoms with Crippen molar-refractivity contribution in [1.82, 2.24) is 0 Å². The van der Waals surface area contributed by atoms with E-state index >= 15 is 0 Å².